The van der Waals surface area contributed by atoms with Crippen molar-refractivity contribution in [3.05, 3.63) is 235 Å². The Balaban J connectivity index is 0.00000375. The van der Waals surface area contributed by atoms with Gasteiger partial charge in [0.2, 0.25) is 0 Å². The summed E-state index contributed by atoms with van der Waals surface area (Å²) in [7, 11) is 0. The molecule has 6 aliphatic heterocycles. The van der Waals surface area contributed by atoms with Crippen LogP contribution in [0.25, 0.3) is 32.3 Å². The predicted octanol–water partition coefficient (Wildman–Crippen LogP) is 12.1. The van der Waals surface area contributed by atoms with Gasteiger partial charge in [-0.2, -0.15) is 73.1 Å². The molecule has 0 fully saturated rings. The second kappa shape index (κ2) is 12.6. The molecule has 1 radical (unpaired) electrons. The maximum absolute atomic E-state index is 4.23. The first-order chi connectivity index (χ1) is 30.2. The molecule has 9 aromatic carbocycles. The number of hydrogen-bond donors (Lipinski definition) is 0. The van der Waals surface area contributed by atoms with E-state index >= 15 is 0 Å². The third-order valence-electron chi connectivity index (χ3n) is 13.9. The summed E-state index contributed by atoms with van der Waals surface area (Å²) in [4.78, 5) is 15.0. The van der Waals surface area contributed by atoms with Crippen LogP contribution >= 0.6 is 0 Å². The summed E-state index contributed by atoms with van der Waals surface area (Å²) >= 11 is 0. The number of rotatable bonds is 0. The Bertz CT molecular complexity index is 2920. The predicted molar refractivity (Wildman–Crippen MR) is 245 cm³/mol. The molecule has 0 unspecified atom stereocenters. The fourth-order valence-corrected chi connectivity index (χ4v) is 11.3. The Morgan fingerprint density at radius 3 is 0.839 bits per heavy atom. The van der Waals surface area contributed by atoms with Crippen LogP contribution in [0.3, 0.4) is 0 Å². The van der Waals surface area contributed by atoms with Crippen LogP contribution in [0.1, 0.15) is 57.8 Å². The fraction of sp³-hybridized carbons (Fsp3) is 0.0727. The van der Waals surface area contributed by atoms with Crippen LogP contribution in [-0.4, -0.2) is 0 Å². The minimum atomic E-state index is -0.311. The average Bonchev–Trinajstić information content (AvgIpc) is 3.99. The molecule has 6 nitrogen and oxygen atoms in total. The molecule has 62 heavy (non-hydrogen) atoms. The summed E-state index contributed by atoms with van der Waals surface area (Å²) < 4.78 is 0. The summed E-state index contributed by atoms with van der Waals surface area (Å²) in [5, 5.41) is 7.09. The van der Waals surface area contributed by atoms with E-state index < -0.39 is 0 Å². The van der Waals surface area contributed by atoms with Crippen molar-refractivity contribution in [2.75, 3.05) is 29.4 Å². The van der Waals surface area contributed by atoms with Gasteiger partial charge in [-0.25, -0.2) is 0 Å². The van der Waals surface area contributed by atoms with Gasteiger partial charge in [-0.1, -0.05) is 91.0 Å². The van der Waals surface area contributed by atoms with E-state index in [1.807, 2.05) is 0 Å². The van der Waals surface area contributed by atoms with Crippen LogP contribution in [0.5, 0.6) is 0 Å². The first-order valence-electron chi connectivity index (χ1n) is 21.1. The summed E-state index contributed by atoms with van der Waals surface area (Å²) in [6.45, 7) is 7.12. The molecule has 0 spiro atoms. The first-order valence-corrected chi connectivity index (χ1v) is 21.1. The maximum Gasteiger partial charge on any atom is 0.0531 e. The monoisotopic (exact) mass is 971 g/mol. The van der Waals surface area contributed by atoms with Gasteiger partial charge in [0.1, 0.15) is 0 Å². The Morgan fingerprint density at radius 1 is 0.323 bits per heavy atom. The molecule has 7 heteroatoms. The smallest absolute Gasteiger partial charge is 0.0531 e. The van der Waals surface area contributed by atoms with Crippen molar-refractivity contribution in [1.29, 1.82) is 0 Å². The summed E-state index contributed by atoms with van der Waals surface area (Å²) in [6, 6.07) is 73.3. The molecule has 0 amide bonds. The largest absolute Gasteiger partial charge is 0.483 e. The normalized spacial score (nSPS) is 20.7. The summed E-state index contributed by atoms with van der Waals surface area (Å²) in [5.74, 6) is -0.229. The van der Waals surface area contributed by atoms with Crippen LogP contribution in [0.2, 0.25) is 0 Å². The number of fused-ring (bicyclic) bond motifs is 24. The van der Waals surface area contributed by atoms with E-state index in [4.69, 9.17) is 0 Å². The zero-order valence-electron chi connectivity index (χ0n) is 33.1. The Hall–Kier alpha value is -6.79. The molecule has 0 aliphatic carbocycles. The number of anilines is 6. The molecule has 15 rings (SSSR count). The van der Waals surface area contributed by atoms with Crippen molar-refractivity contribution in [3.63, 3.8) is 0 Å². The Morgan fingerprint density at radius 2 is 0.565 bits per heavy atom. The SMILES string of the molecule is [Ir].[c-]1c2cc3ccccc3c1C1N3[CH-]N(c4ccccc43)C3c4[c-]c(cc5ccccc45)C2c2[c-]c(c4ccccc4c2)C(N2[CH-]N1c1ccccc12)N1[CH-]N3c2ccccc21. The molecule has 0 atom stereocenters. The Labute approximate surface area is 373 Å². The number of benzene rings is 9. The second-order valence-electron chi connectivity index (χ2n) is 17.0. The Kier molecular flexibility index (Phi) is 7.11. The molecule has 0 saturated heterocycles. The van der Waals surface area contributed by atoms with E-state index in [2.05, 4.69) is 231 Å². The third kappa shape index (κ3) is 4.52. The van der Waals surface area contributed by atoms with Crippen LogP contribution < -0.4 is 29.4 Å². The van der Waals surface area contributed by atoms with Gasteiger partial charge in [0.15, 0.2) is 0 Å². The minimum Gasteiger partial charge on any atom is -0.483 e. The number of nitrogens with zero attached hydrogens (tertiary/aromatic N) is 6. The topological polar surface area (TPSA) is 19.4 Å². The van der Waals surface area contributed by atoms with Gasteiger partial charge >= 0.3 is 0 Å². The van der Waals surface area contributed by atoms with E-state index in [-0.39, 0.29) is 44.5 Å². The quantitative estimate of drug-likeness (QED) is 0.140. The van der Waals surface area contributed by atoms with Crippen LogP contribution in [0.4, 0.5) is 34.1 Å². The van der Waals surface area contributed by atoms with Gasteiger partial charge in [0, 0.05) is 54.2 Å². The van der Waals surface area contributed by atoms with Crippen molar-refractivity contribution >= 4 is 66.4 Å². The third-order valence-corrected chi connectivity index (χ3v) is 13.9. The van der Waals surface area contributed by atoms with Crippen molar-refractivity contribution in [2.24, 2.45) is 0 Å². The molecule has 6 heterocycles. The van der Waals surface area contributed by atoms with Crippen molar-refractivity contribution in [3.8, 4) is 0 Å². The van der Waals surface area contributed by atoms with Gasteiger partial charge in [-0.3, -0.25) is 0 Å². The summed E-state index contributed by atoms with van der Waals surface area (Å²) in [5.41, 5.74) is 13.5. The molecule has 0 N–H and O–H groups in total. The summed E-state index contributed by atoms with van der Waals surface area (Å²) in [6.07, 6.45) is -0.932. The van der Waals surface area contributed by atoms with Gasteiger partial charge in [-0.15, -0.1) is 67.2 Å². The molecular weight excluding hydrogens is 937 g/mol. The van der Waals surface area contributed by atoms with Crippen molar-refractivity contribution in [1.82, 2.24) is 0 Å². The molecular formula is C55H34IrN6-6. The van der Waals surface area contributed by atoms with E-state index in [0.717, 1.165) is 67.5 Å². The van der Waals surface area contributed by atoms with E-state index in [0.29, 0.717) is 0 Å². The first kappa shape index (κ1) is 34.9. The minimum absolute atomic E-state index is 0. The average molecular weight is 971 g/mol. The van der Waals surface area contributed by atoms with E-state index in [1.54, 1.807) is 0 Å². The van der Waals surface area contributed by atoms with E-state index in [9.17, 15) is 0 Å². The number of para-hydroxylation sites is 6. The molecule has 16 bridgehead atoms. The molecule has 0 saturated carbocycles. The van der Waals surface area contributed by atoms with Crippen molar-refractivity contribution in [2.45, 2.75) is 24.4 Å². The fourth-order valence-electron chi connectivity index (χ4n) is 11.3. The van der Waals surface area contributed by atoms with Crippen LogP contribution in [-0.2, 0) is 20.1 Å². The van der Waals surface area contributed by atoms with Gasteiger partial charge in [0.05, 0.1) is 18.5 Å². The molecule has 0 aromatic heterocycles. The van der Waals surface area contributed by atoms with Gasteiger partial charge < -0.3 is 29.4 Å². The van der Waals surface area contributed by atoms with Gasteiger partial charge in [-0.05, 0) is 42.3 Å². The zero-order valence-corrected chi connectivity index (χ0v) is 35.5. The maximum atomic E-state index is 4.23. The molecule has 299 valence electrons. The van der Waals surface area contributed by atoms with Crippen LogP contribution in [0.15, 0.2) is 164 Å². The second-order valence-corrected chi connectivity index (χ2v) is 17.0. The molecule has 9 aromatic rings. The van der Waals surface area contributed by atoms with Crippen molar-refractivity contribution < 1.29 is 20.1 Å². The molecule has 6 aliphatic rings. The van der Waals surface area contributed by atoms with Gasteiger partial charge in [0.25, 0.3) is 0 Å². The standard InChI is InChI=1S/C55H34N6.Ir/c1-4-16-40-34(13-1)25-37-28-43(40)53-56-31-58(48-21-9-7-19-46(48)56)54-44-29-38(26-35-14-2-5-17-41(35)44)52(37)39-27-36-15-3-6-18-42(36)45(30-39)55(59-32-57(53)47-20-8-10-22-49(47)59)61-33-60(54)50-23-11-12-24-51(50)61;/h1-27,31-33,52-55H;/q-6;. The van der Waals surface area contributed by atoms with E-state index in [1.165, 1.54) is 32.3 Å². The zero-order chi connectivity index (χ0) is 39.5. The van der Waals surface area contributed by atoms with Crippen LogP contribution in [0, 0.1) is 38.2 Å². The number of hydrogen-bond acceptors (Lipinski definition) is 6.